The largest absolute Gasteiger partial charge is 0.475 e. The lowest BCUT2D eigenvalue weighted by Gasteiger charge is -2.18. The number of carbonyl (C=O) groups is 1. The monoisotopic (exact) mass is 271 g/mol. The van der Waals surface area contributed by atoms with Gasteiger partial charge in [-0.15, -0.1) is 6.42 Å². The fourth-order valence-electron chi connectivity index (χ4n) is 0.879. The van der Waals surface area contributed by atoms with Gasteiger partial charge >= 0.3 is 5.97 Å². The van der Waals surface area contributed by atoms with Crippen LogP contribution in [0.25, 0.3) is 0 Å². The standard InChI is InChI=1S/C10H10BrNO3/c1-4-10(2,3)12-8-6(11)5-7(15-8)9(13)14/h1,5,12H,2-3H3,(H,13,14). The third-order valence-corrected chi connectivity index (χ3v) is 2.27. The van der Waals surface area contributed by atoms with Gasteiger partial charge in [-0.25, -0.2) is 4.79 Å². The molecule has 1 rings (SSSR count). The first kappa shape index (κ1) is 11.7. The summed E-state index contributed by atoms with van der Waals surface area (Å²) in [5.41, 5.74) is -0.601. The lowest BCUT2D eigenvalue weighted by molar-refractivity contribution is 0.0663. The molecule has 2 N–H and O–H groups in total. The van der Waals surface area contributed by atoms with Crippen LogP contribution >= 0.6 is 15.9 Å². The number of nitrogens with one attached hydrogen (secondary N) is 1. The summed E-state index contributed by atoms with van der Waals surface area (Å²) in [6.45, 7) is 3.56. The molecule has 0 aliphatic rings. The number of halogens is 1. The minimum atomic E-state index is -1.12. The Labute approximate surface area is 95.8 Å². The summed E-state index contributed by atoms with van der Waals surface area (Å²) < 4.78 is 5.59. The van der Waals surface area contributed by atoms with Crippen molar-refractivity contribution >= 4 is 27.8 Å². The van der Waals surface area contributed by atoms with Gasteiger partial charge in [0.25, 0.3) is 0 Å². The first-order valence-electron chi connectivity index (χ1n) is 4.14. The average molecular weight is 272 g/mol. The van der Waals surface area contributed by atoms with Crippen LogP contribution < -0.4 is 5.32 Å². The van der Waals surface area contributed by atoms with Gasteiger partial charge in [0.1, 0.15) is 0 Å². The van der Waals surface area contributed by atoms with Gasteiger partial charge in [-0.3, -0.25) is 0 Å². The number of rotatable bonds is 3. The number of aromatic carboxylic acids is 1. The Morgan fingerprint density at radius 2 is 2.33 bits per heavy atom. The molecule has 0 saturated carbocycles. The maximum atomic E-state index is 10.6. The van der Waals surface area contributed by atoms with E-state index in [4.69, 9.17) is 15.9 Å². The van der Waals surface area contributed by atoms with Gasteiger partial charge in [-0.2, -0.15) is 0 Å². The fourth-order valence-corrected chi connectivity index (χ4v) is 1.27. The van der Waals surface area contributed by atoms with Crippen LogP contribution in [0.5, 0.6) is 0 Å². The van der Waals surface area contributed by atoms with Crippen molar-refractivity contribution in [2.75, 3.05) is 5.32 Å². The highest BCUT2D eigenvalue weighted by Crippen LogP contribution is 2.29. The van der Waals surface area contributed by atoms with Gasteiger partial charge in [-0.05, 0) is 29.8 Å². The molecule has 0 bridgehead atoms. The van der Waals surface area contributed by atoms with Gasteiger partial charge in [0.15, 0.2) is 0 Å². The molecule has 1 heterocycles. The molecule has 1 aromatic heterocycles. The highest BCUT2D eigenvalue weighted by atomic mass is 79.9. The molecule has 0 amide bonds. The van der Waals surface area contributed by atoms with Crippen molar-refractivity contribution < 1.29 is 14.3 Å². The molecule has 5 heteroatoms. The number of hydrogen-bond acceptors (Lipinski definition) is 3. The zero-order valence-corrected chi connectivity index (χ0v) is 9.88. The van der Waals surface area contributed by atoms with E-state index in [1.807, 2.05) is 0 Å². The van der Waals surface area contributed by atoms with Crippen LogP contribution in [0.4, 0.5) is 5.88 Å². The molecule has 0 aromatic carbocycles. The third kappa shape index (κ3) is 2.77. The summed E-state index contributed by atoms with van der Waals surface area (Å²) in [6, 6.07) is 1.37. The van der Waals surface area contributed by atoms with E-state index in [1.54, 1.807) is 13.8 Å². The second-order valence-electron chi connectivity index (χ2n) is 3.49. The van der Waals surface area contributed by atoms with Gasteiger partial charge < -0.3 is 14.8 Å². The van der Waals surface area contributed by atoms with Crippen molar-refractivity contribution in [3.05, 3.63) is 16.3 Å². The zero-order chi connectivity index (χ0) is 11.6. The number of carboxylic acids is 1. The number of carboxylic acid groups (broad SMARTS) is 1. The Bertz CT molecular complexity index is 428. The van der Waals surface area contributed by atoms with Crippen molar-refractivity contribution in [1.29, 1.82) is 0 Å². The Balaban J connectivity index is 2.97. The number of hydrogen-bond donors (Lipinski definition) is 2. The molecule has 0 radical (unpaired) electrons. The van der Waals surface area contributed by atoms with Crippen LogP contribution in [0, 0.1) is 12.3 Å². The minimum Gasteiger partial charge on any atom is -0.475 e. The molecule has 4 nitrogen and oxygen atoms in total. The summed E-state index contributed by atoms with van der Waals surface area (Å²) in [6.07, 6.45) is 5.29. The second kappa shape index (κ2) is 3.99. The lowest BCUT2D eigenvalue weighted by atomic mass is 10.1. The van der Waals surface area contributed by atoms with Crippen LogP contribution in [0.2, 0.25) is 0 Å². The van der Waals surface area contributed by atoms with Crippen molar-refractivity contribution in [2.24, 2.45) is 0 Å². The molecule has 80 valence electrons. The molecule has 15 heavy (non-hydrogen) atoms. The van der Waals surface area contributed by atoms with Crippen LogP contribution in [0.1, 0.15) is 24.4 Å². The first-order chi connectivity index (χ1) is 6.85. The minimum absolute atomic E-state index is 0.141. The van der Waals surface area contributed by atoms with Gasteiger partial charge in [0, 0.05) is 6.07 Å². The highest BCUT2D eigenvalue weighted by molar-refractivity contribution is 9.10. The van der Waals surface area contributed by atoms with Gasteiger partial charge in [-0.1, -0.05) is 5.92 Å². The van der Waals surface area contributed by atoms with E-state index in [-0.39, 0.29) is 5.76 Å². The van der Waals surface area contributed by atoms with E-state index in [0.717, 1.165) is 0 Å². The van der Waals surface area contributed by atoms with E-state index in [2.05, 4.69) is 27.2 Å². The van der Waals surface area contributed by atoms with E-state index in [0.29, 0.717) is 10.4 Å². The number of furan rings is 1. The van der Waals surface area contributed by atoms with E-state index in [9.17, 15) is 4.79 Å². The summed E-state index contributed by atoms with van der Waals surface area (Å²) in [7, 11) is 0. The summed E-state index contributed by atoms with van der Waals surface area (Å²) in [5.74, 6) is 1.57. The zero-order valence-electron chi connectivity index (χ0n) is 8.30. The van der Waals surface area contributed by atoms with Crippen molar-refractivity contribution in [3.8, 4) is 12.3 Å². The lowest BCUT2D eigenvalue weighted by Crippen LogP contribution is -2.28. The molecule has 0 unspecified atom stereocenters. The van der Waals surface area contributed by atoms with Crippen LogP contribution in [0.15, 0.2) is 15.0 Å². The average Bonchev–Trinajstić information content (AvgIpc) is 2.47. The van der Waals surface area contributed by atoms with Gasteiger partial charge in [0.05, 0.1) is 10.0 Å². The SMILES string of the molecule is C#CC(C)(C)Nc1oc(C(=O)O)cc1Br. The number of terminal acetylenes is 1. The molecule has 0 spiro atoms. The van der Waals surface area contributed by atoms with Crippen molar-refractivity contribution in [2.45, 2.75) is 19.4 Å². The maximum Gasteiger partial charge on any atom is 0.371 e. The molecule has 0 atom stereocenters. The number of anilines is 1. The molecular formula is C10H10BrNO3. The molecule has 0 aliphatic heterocycles. The summed E-state index contributed by atoms with van der Waals surface area (Å²) >= 11 is 3.18. The fraction of sp³-hybridized carbons (Fsp3) is 0.300. The third-order valence-electron chi connectivity index (χ3n) is 1.68. The Kier molecular flexibility index (Phi) is 3.10. The molecule has 1 aromatic rings. The smallest absolute Gasteiger partial charge is 0.371 e. The maximum absolute atomic E-state index is 10.6. The summed E-state index contributed by atoms with van der Waals surface area (Å²) in [4.78, 5) is 10.6. The van der Waals surface area contributed by atoms with E-state index < -0.39 is 11.5 Å². The van der Waals surface area contributed by atoms with Crippen LogP contribution in [0.3, 0.4) is 0 Å². The van der Waals surface area contributed by atoms with Crippen molar-refractivity contribution in [1.82, 2.24) is 0 Å². The van der Waals surface area contributed by atoms with Crippen LogP contribution in [-0.2, 0) is 0 Å². The molecule has 0 aliphatic carbocycles. The van der Waals surface area contributed by atoms with E-state index >= 15 is 0 Å². The first-order valence-corrected chi connectivity index (χ1v) is 4.93. The molecular weight excluding hydrogens is 262 g/mol. The predicted octanol–water partition coefficient (Wildman–Crippen LogP) is 2.56. The normalized spacial score (nSPS) is 10.8. The Hall–Kier alpha value is -1.41. The second-order valence-corrected chi connectivity index (χ2v) is 4.34. The van der Waals surface area contributed by atoms with Crippen molar-refractivity contribution in [3.63, 3.8) is 0 Å². The highest BCUT2D eigenvalue weighted by Gasteiger charge is 2.20. The Morgan fingerprint density at radius 3 is 2.73 bits per heavy atom. The quantitative estimate of drug-likeness (QED) is 0.830. The molecule has 0 saturated heterocycles. The summed E-state index contributed by atoms with van der Waals surface area (Å²) in [5, 5.41) is 11.6. The Morgan fingerprint density at radius 1 is 1.73 bits per heavy atom. The predicted molar refractivity (Wildman–Crippen MR) is 59.9 cm³/mol. The topological polar surface area (TPSA) is 62.5 Å². The van der Waals surface area contributed by atoms with E-state index in [1.165, 1.54) is 6.07 Å². The molecule has 0 fully saturated rings. The van der Waals surface area contributed by atoms with Gasteiger partial charge in [0.2, 0.25) is 11.6 Å². The van der Waals surface area contributed by atoms with Crippen LogP contribution in [-0.4, -0.2) is 16.6 Å².